The van der Waals surface area contributed by atoms with Crippen LogP contribution < -0.4 is 5.43 Å². The number of ether oxygens (including phenoxy) is 1. The minimum absolute atomic E-state index is 0.250. The van der Waals surface area contributed by atoms with Crippen LogP contribution in [0.1, 0.15) is 46.8 Å². The molecule has 172 valence electrons. The number of carbonyl (C=O) groups is 1. The van der Waals surface area contributed by atoms with Gasteiger partial charge >= 0.3 is 0 Å². The van der Waals surface area contributed by atoms with Crippen molar-refractivity contribution in [1.29, 1.82) is 0 Å². The lowest BCUT2D eigenvalue weighted by atomic mass is 10.0. The largest absolute Gasteiger partial charge is 0.445 e. The van der Waals surface area contributed by atoms with E-state index in [1.807, 2.05) is 11.1 Å². The van der Waals surface area contributed by atoms with Gasteiger partial charge in [0.2, 0.25) is 0 Å². The lowest BCUT2D eigenvalue weighted by Crippen LogP contribution is -2.45. The number of halogens is 3. The summed E-state index contributed by atoms with van der Waals surface area (Å²) in [5.41, 5.74) is 6.12. The molecule has 1 amide bonds. The second-order valence-electron chi connectivity index (χ2n) is 7.98. The van der Waals surface area contributed by atoms with Crippen LogP contribution in [0, 0.1) is 0 Å². The maximum Gasteiger partial charge on any atom is 0.286 e. The molecule has 2 aliphatic heterocycles. The molecular weight excluding hydrogens is 487 g/mol. The minimum atomic E-state index is -0.275. The van der Waals surface area contributed by atoms with E-state index in [9.17, 15) is 4.79 Å². The fraction of sp³-hybridized carbons (Fsp3) is 0.304. The third kappa shape index (κ3) is 4.69. The molecule has 1 N–H and O–H groups in total. The van der Waals surface area contributed by atoms with Gasteiger partial charge in [0.15, 0.2) is 10.9 Å². The summed E-state index contributed by atoms with van der Waals surface area (Å²) in [6.07, 6.45) is 5.10. The molecular formula is C23H21Cl3N4O3. The molecule has 2 aliphatic rings. The van der Waals surface area contributed by atoms with Crippen LogP contribution in [0.25, 0.3) is 17.3 Å². The highest BCUT2D eigenvalue weighted by Gasteiger charge is 2.30. The molecule has 5 rings (SSSR count). The van der Waals surface area contributed by atoms with Crippen LogP contribution in [0.5, 0.6) is 0 Å². The van der Waals surface area contributed by atoms with Gasteiger partial charge in [-0.2, -0.15) is 5.10 Å². The average Bonchev–Trinajstić information content (AvgIpc) is 3.38. The predicted octanol–water partition coefficient (Wildman–Crippen LogP) is 5.63. The van der Waals surface area contributed by atoms with Crippen molar-refractivity contribution in [3.8, 4) is 5.69 Å². The molecule has 4 heterocycles. The number of carbonyl (C=O) groups excluding carboxylic acids is 1. The number of nitrogens with one attached hydrogen (secondary N) is 1. The Morgan fingerprint density at radius 2 is 1.88 bits per heavy atom. The summed E-state index contributed by atoms with van der Waals surface area (Å²) in [4.78, 5) is 13.2. The van der Waals surface area contributed by atoms with Crippen molar-refractivity contribution < 1.29 is 13.9 Å². The van der Waals surface area contributed by atoms with Crippen LogP contribution in [-0.4, -0.2) is 40.4 Å². The fourth-order valence-electron chi connectivity index (χ4n) is 4.15. The first kappa shape index (κ1) is 22.5. The third-order valence-corrected chi connectivity index (χ3v) is 6.41. The maximum absolute atomic E-state index is 13.2. The SMILES string of the molecule is O=C(NN1CCCCC1)c1nn(-c2ccc(Cl)cc2Cl)c2c1COC/C2=C/c1ccc(Cl)o1. The van der Waals surface area contributed by atoms with Crippen LogP contribution in [0.4, 0.5) is 0 Å². The van der Waals surface area contributed by atoms with Crippen molar-refractivity contribution in [2.75, 3.05) is 19.7 Å². The van der Waals surface area contributed by atoms with Crippen molar-refractivity contribution in [2.24, 2.45) is 0 Å². The van der Waals surface area contributed by atoms with E-state index in [-0.39, 0.29) is 17.7 Å². The molecule has 0 aliphatic carbocycles. The normalized spacial score (nSPS) is 17.8. The number of hydrogen-bond acceptors (Lipinski definition) is 5. The molecule has 10 heteroatoms. The maximum atomic E-state index is 13.2. The van der Waals surface area contributed by atoms with E-state index in [1.54, 1.807) is 35.0 Å². The van der Waals surface area contributed by atoms with Crippen LogP contribution in [0.15, 0.2) is 34.7 Å². The summed E-state index contributed by atoms with van der Waals surface area (Å²) < 4.78 is 13.0. The molecule has 0 bridgehead atoms. The molecule has 1 saturated heterocycles. The van der Waals surface area contributed by atoms with Gasteiger partial charge in [-0.25, -0.2) is 9.69 Å². The molecule has 0 saturated carbocycles. The van der Waals surface area contributed by atoms with E-state index in [0.717, 1.165) is 37.2 Å². The number of piperidine rings is 1. The number of amides is 1. The third-order valence-electron chi connectivity index (χ3n) is 5.67. The van der Waals surface area contributed by atoms with Crippen molar-refractivity contribution in [3.63, 3.8) is 0 Å². The van der Waals surface area contributed by atoms with Gasteiger partial charge in [-0.3, -0.25) is 10.2 Å². The van der Waals surface area contributed by atoms with E-state index >= 15 is 0 Å². The smallest absolute Gasteiger partial charge is 0.286 e. The molecule has 0 unspecified atom stereocenters. The monoisotopic (exact) mass is 506 g/mol. The molecule has 7 nitrogen and oxygen atoms in total. The number of benzene rings is 1. The van der Waals surface area contributed by atoms with Crippen molar-refractivity contribution in [2.45, 2.75) is 25.9 Å². The van der Waals surface area contributed by atoms with Gasteiger partial charge in [-0.1, -0.05) is 29.6 Å². The van der Waals surface area contributed by atoms with Crippen LogP contribution in [0.3, 0.4) is 0 Å². The number of furan rings is 1. The predicted molar refractivity (Wildman–Crippen MR) is 128 cm³/mol. The second-order valence-corrected chi connectivity index (χ2v) is 9.19. The fourth-order valence-corrected chi connectivity index (χ4v) is 4.79. The Hall–Kier alpha value is -2.29. The summed E-state index contributed by atoms with van der Waals surface area (Å²) in [7, 11) is 0. The van der Waals surface area contributed by atoms with E-state index in [0.29, 0.717) is 39.4 Å². The number of hydrazine groups is 1. The van der Waals surface area contributed by atoms with Crippen LogP contribution >= 0.6 is 34.8 Å². The van der Waals surface area contributed by atoms with E-state index in [1.165, 1.54) is 6.42 Å². The topological polar surface area (TPSA) is 72.5 Å². The van der Waals surface area contributed by atoms with Crippen LogP contribution in [0.2, 0.25) is 15.3 Å². The highest BCUT2D eigenvalue weighted by molar-refractivity contribution is 6.35. The molecule has 0 radical (unpaired) electrons. The van der Waals surface area contributed by atoms with Crippen molar-refractivity contribution in [1.82, 2.24) is 20.2 Å². The molecule has 33 heavy (non-hydrogen) atoms. The van der Waals surface area contributed by atoms with Gasteiger partial charge in [0.1, 0.15) is 5.76 Å². The molecule has 1 aromatic carbocycles. The van der Waals surface area contributed by atoms with E-state index in [4.69, 9.17) is 44.0 Å². The number of hydrogen-bond donors (Lipinski definition) is 1. The zero-order valence-electron chi connectivity index (χ0n) is 17.6. The number of nitrogens with zero attached hydrogens (tertiary/aromatic N) is 3. The Labute approximate surface area is 205 Å². The highest BCUT2D eigenvalue weighted by Crippen LogP contribution is 2.35. The molecule has 3 aromatic rings. The Bertz CT molecular complexity index is 1230. The first-order valence-electron chi connectivity index (χ1n) is 10.7. The van der Waals surface area contributed by atoms with Gasteiger partial charge in [0.05, 0.1) is 29.6 Å². The molecule has 2 aromatic heterocycles. The van der Waals surface area contributed by atoms with Gasteiger partial charge in [0.25, 0.3) is 5.91 Å². The molecule has 0 spiro atoms. The van der Waals surface area contributed by atoms with Gasteiger partial charge in [-0.15, -0.1) is 0 Å². The van der Waals surface area contributed by atoms with Gasteiger partial charge in [-0.05, 0) is 60.9 Å². The lowest BCUT2D eigenvalue weighted by molar-refractivity contribution is 0.0738. The zero-order chi connectivity index (χ0) is 22.9. The Morgan fingerprint density at radius 3 is 2.61 bits per heavy atom. The zero-order valence-corrected chi connectivity index (χ0v) is 19.9. The number of rotatable bonds is 4. The summed E-state index contributed by atoms with van der Waals surface area (Å²) in [6, 6.07) is 8.60. The Kier molecular flexibility index (Phi) is 6.49. The van der Waals surface area contributed by atoms with E-state index < -0.39 is 0 Å². The summed E-state index contributed by atoms with van der Waals surface area (Å²) in [5.74, 6) is 0.295. The number of fused-ring (bicyclic) bond motifs is 1. The van der Waals surface area contributed by atoms with Crippen LogP contribution in [-0.2, 0) is 11.3 Å². The first-order chi connectivity index (χ1) is 16.0. The summed E-state index contributed by atoms with van der Waals surface area (Å²) >= 11 is 18.6. The van der Waals surface area contributed by atoms with E-state index in [2.05, 4.69) is 10.5 Å². The number of aromatic nitrogens is 2. The highest BCUT2D eigenvalue weighted by atomic mass is 35.5. The Balaban J connectivity index is 1.61. The summed E-state index contributed by atoms with van der Waals surface area (Å²) in [6.45, 7) is 2.20. The lowest BCUT2D eigenvalue weighted by Gasteiger charge is -2.26. The quantitative estimate of drug-likeness (QED) is 0.496. The van der Waals surface area contributed by atoms with Crippen molar-refractivity contribution >= 4 is 52.4 Å². The summed E-state index contributed by atoms with van der Waals surface area (Å²) in [5, 5.41) is 7.85. The average molecular weight is 508 g/mol. The van der Waals surface area contributed by atoms with Gasteiger partial charge < -0.3 is 9.15 Å². The first-order valence-corrected chi connectivity index (χ1v) is 11.8. The standard InChI is InChI=1S/C23H21Cl3N4O3/c24-15-4-6-19(18(25)11-15)30-22-14(10-16-5-7-20(26)33-16)12-32-13-17(22)21(27-30)23(31)28-29-8-2-1-3-9-29/h4-7,10-11H,1-3,8-9,12-13H2,(H,28,31)/b14-10-. The minimum Gasteiger partial charge on any atom is -0.445 e. The molecule has 1 fully saturated rings. The van der Waals surface area contributed by atoms with Gasteiger partial charge in [0, 0.05) is 29.2 Å². The van der Waals surface area contributed by atoms with Crippen molar-refractivity contribution in [3.05, 3.63) is 68.3 Å². The Morgan fingerprint density at radius 1 is 1.06 bits per heavy atom. The second kappa shape index (κ2) is 9.52. The molecule has 0 atom stereocenters.